The van der Waals surface area contributed by atoms with Gasteiger partial charge < -0.3 is 0 Å². The Morgan fingerprint density at radius 3 is 1.06 bits per heavy atom. The molecule has 0 bridgehead atoms. The topological polar surface area (TPSA) is 0 Å². The Hall–Kier alpha value is -1.56. The van der Waals surface area contributed by atoms with Crippen molar-refractivity contribution in [2.75, 3.05) is 0 Å². The second kappa shape index (κ2) is 33.6. The fourth-order valence-corrected chi connectivity index (χ4v) is 7.88. The van der Waals surface area contributed by atoms with E-state index in [0.29, 0.717) is 5.92 Å². The van der Waals surface area contributed by atoms with Crippen LogP contribution in [0.1, 0.15) is 242 Å². The van der Waals surface area contributed by atoms with E-state index in [1.807, 2.05) is 0 Å². The smallest absolute Gasteiger partial charge is 0.0121 e. The molecule has 0 aliphatic heterocycles. The summed E-state index contributed by atoms with van der Waals surface area (Å²) in [6, 6.07) is 21.0. The highest BCUT2D eigenvalue weighted by Gasteiger charge is 2.13. The molecule has 49 heavy (non-hydrogen) atoms. The van der Waals surface area contributed by atoms with Gasteiger partial charge in [0.1, 0.15) is 0 Å². The second-order valence-corrected chi connectivity index (χ2v) is 15.9. The van der Waals surface area contributed by atoms with Crippen LogP contribution in [0.3, 0.4) is 0 Å². The van der Waals surface area contributed by atoms with Gasteiger partial charge in [-0.3, -0.25) is 0 Å². The first-order valence-corrected chi connectivity index (χ1v) is 22.5. The third-order valence-corrected chi connectivity index (χ3v) is 11.3. The molecule has 0 heteroatoms. The normalized spacial score (nSPS) is 12.1. The van der Waals surface area contributed by atoms with Gasteiger partial charge in [-0.1, -0.05) is 261 Å². The monoisotopic (exact) mass is 673 g/mol. The van der Waals surface area contributed by atoms with E-state index in [9.17, 15) is 0 Å². The zero-order valence-electron chi connectivity index (χ0n) is 33.3. The van der Waals surface area contributed by atoms with Gasteiger partial charge in [0.15, 0.2) is 0 Å². The third-order valence-electron chi connectivity index (χ3n) is 11.3. The van der Waals surface area contributed by atoms with Crippen molar-refractivity contribution in [3.05, 3.63) is 71.3 Å². The lowest BCUT2D eigenvalue weighted by Crippen LogP contribution is -2.04. The van der Waals surface area contributed by atoms with Gasteiger partial charge in [-0.25, -0.2) is 0 Å². The fourth-order valence-electron chi connectivity index (χ4n) is 7.88. The summed E-state index contributed by atoms with van der Waals surface area (Å²) in [6.45, 7) is 4.62. The third kappa shape index (κ3) is 26.0. The van der Waals surface area contributed by atoms with Crippen LogP contribution < -0.4 is 0 Å². The van der Waals surface area contributed by atoms with Crippen LogP contribution in [0.15, 0.2) is 54.6 Å². The first-order chi connectivity index (χ1) is 24.3. The Morgan fingerprint density at radius 2 is 0.673 bits per heavy atom. The Morgan fingerprint density at radius 1 is 0.327 bits per heavy atom. The molecule has 0 spiro atoms. The van der Waals surface area contributed by atoms with Crippen molar-refractivity contribution in [1.29, 1.82) is 0 Å². The van der Waals surface area contributed by atoms with E-state index >= 15 is 0 Å². The molecular formula is C49H84. The molecule has 0 saturated heterocycles. The highest BCUT2D eigenvalue weighted by atomic mass is 14.2. The first-order valence-electron chi connectivity index (χ1n) is 22.5. The molecule has 0 amide bonds. The minimum absolute atomic E-state index is 0.647. The Balaban J connectivity index is 1.48. The van der Waals surface area contributed by atoms with Crippen LogP contribution in [-0.4, -0.2) is 0 Å². The summed E-state index contributed by atoms with van der Waals surface area (Å²) in [5, 5.41) is 0. The van der Waals surface area contributed by atoms with Crippen molar-refractivity contribution in [2.24, 2.45) is 0 Å². The van der Waals surface area contributed by atoms with Crippen molar-refractivity contribution in [3.63, 3.8) is 0 Å². The average molecular weight is 673 g/mol. The summed E-state index contributed by atoms with van der Waals surface area (Å²) < 4.78 is 0. The van der Waals surface area contributed by atoms with Gasteiger partial charge in [-0.15, -0.1) is 0 Å². The fraction of sp³-hybridized carbons (Fsp3) is 0.755. The van der Waals surface area contributed by atoms with E-state index in [2.05, 4.69) is 68.4 Å². The predicted molar refractivity (Wildman–Crippen MR) is 222 cm³/mol. The van der Waals surface area contributed by atoms with Crippen LogP contribution in [0.5, 0.6) is 0 Å². The van der Waals surface area contributed by atoms with Gasteiger partial charge in [0, 0.05) is 0 Å². The molecule has 1 atom stereocenters. The Kier molecular flexibility index (Phi) is 29.9. The molecule has 2 aromatic rings. The molecule has 0 aliphatic carbocycles. The Bertz CT molecular complexity index is 911. The van der Waals surface area contributed by atoms with Gasteiger partial charge in [-0.2, -0.15) is 0 Å². The molecule has 0 heterocycles. The van der Waals surface area contributed by atoms with Crippen LogP contribution in [0.4, 0.5) is 0 Å². The van der Waals surface area contributed by atoms with E-state index < -0.39 is 0 Å². The zero-order chi connectivity index (χ0) is 34.7. The van der Waals surface area contributed by atoms with Gasteiger partial charge in [-0.05, 0) is 48.3 Å². The largest absolute Gasteiger partial charge is 0.0654 e. The summed E-state index contributed by atoms with van der Waals surface area (Å²) in [5.74, 6) is 0.647. The minimum Gasteiger partial charge on any atom is -0.0654 e. The highest BCUT2D eigenvalue weighted by Crippen LogP contribution is 2.28. The molecule has 0 nitrogen and oxygen atoms in total. The number of benzene rings is 2. The van der Waals surface area contributed by atoms with Crippen molar-refractivity contribution in [1.82, 2.24) is 0 Å². The molecule has 0 radical (unpaired) electrons. The van der Waals surface area contributed by atoms with Gasteiger partial charge in [0.2, 0.25) is 0 Å². The quantitative estimate of drug-likeness (QED) is 0.0632. The SMILES string of the molecule is CCCCCCCCCCCCCCCCCCCCCCCCC(Cc1ccccc1)c1ccc(CCCCCCCCCCC)cc1. The maximum atomic E-state index is 2.47. The van der Waals surface area contributed by atoms with E-state index in [4.69, 9.17) is 0 Å². The summed E-state index contributed by atoms with van der Waals surface area (Å²) in [6.07, 6.45) is 48.5. The van der Waals surface area contributed by atoms with Crippen molar-refractivity contribution in [2.45, 2.75) is 238 Å². The molecule has 2 aromatic carbocycles. The van der Waals surface area contributed by atoms with E-state index in [1.54, 1.807) is 5.56 Å². The van der Waals surface area contributed by atoms with Crippen LogP contribution >= 0.6 is 0 Å². The number of hydrogen-bond donors (Lipinski definition) is 0. The Labute approximate surface area is 308 Å². The minimum atomic E-state index is 0.647. The average Bonchev–Trinajstić information content (AvgIpc) is 3.13. The van der Waals surface area contributed by atoms with E-state index in [1.165, 1.54) is 229 Å². The lowest BCUT2D eigenvalue weighted by atomic mass is 9.86. The van der Waals surface area contributed by atoms with Crippen molar-refractivity contribution < 1.29 is 0 Å². The van der Waals surface area contributed by atoms with Gasteiger partial charge >= 0.3 is 0 Å². The molecular weight excluding hydrogens is 589 g/mol. The van der Waals surface area contributed by atoms with Gasteiger partial charge in [0.25, 0.3) is 0 Å². The zero-order valence-corrected chi connectivity index (χ0v) is 33.3. The van der Waals surface area contributed by atoms with Crippen LogP contribution in [0, 0.1) is 0 Å². The van der Waals surface area contributed by atoms with Crippen LogP contribution in [0.25, 0.3) is 0 Å². The molecule has 0 N–H and O–H groups in total. The molecule has 2 rings (SSSR count). The number of rotatable bonds is 36. The number of hydrogen-bond acceptors (Lipinski definition) is 0. The number of aryl methyl sites for hydroxylation is 1. The molecule has 0 fully saturated rings. The highest BCUT2D eigenvalue weighted by molar-refractivity contribution is 5.28. The summed E-state index contributed by atoms with van der Waals surface area (Å²) >= 11 is 0. The summed E-state index contributed by atoms with van der Waals surface area (Å²) in [7, 11) is 0. The maximum absolute atomic E-state index is 2.47. The lowest BCUT2D eigenvalue weighted by molar-refractivity contribution is 0.510. The molecule has 280 valence electrons. The maximum Gasteiger partial charge on any atom is -0.0121 e. The van der Waals surface area contributed by atoms with E-state index in [-0.39, 0.29) is 0 Å². The van der Waals surface area contributed by atoms with Crippen LogP contribution in [0.2, 0.25) is 0 Å². The van der Waals surface area contributed by atoms with E-state index in [0.717, 1.165) is 0 Å². The predicted octanol–water partition coefficient (Wildman–Crippen LogP) is 17.1. The molecule has 0 aliphatic rings. The molecule has 0 aromatic heterocycles. The lowest BCUT2D eigenvalue weighted by Gasteiger charge is -2.18. The second-order valence-electron chi connectivity index (χ2n) is 15.9. The van der Waals surface area contributed by atoms with Gasteiger partial charge in [0.05, 0.1) is 0 Å². The summed E-state index contributed by atoms with van der Waals surface area (Å²) in [5.41, 5.74) is 4.59. The molecule has 1 unspecified atom stereocenters. The standard InChI is InChI=1S/C49H84/c1-3-5-7-9-11-13-14-15-16-17-18-19-20-21-22-23-24-25-27-29-31-36-40-49(45-47-38-34-32-35-39-47)48-43-41-46(42-44-48)37-33-30-28-26-12-10-8-6-4-2/h32,34-35,38-39,41-44,49H,3-31,33,36-37,40,45H2,1-2H3. The van der Waals surface area contributed by atoms with Crippen molar-refractivity contribution >= 4 is 0 Å². The molecule has 0 saturated carbocycles. The van der Waals surface area contributed by atoms with Crippen LogP contribution in [-0.2, 0) is 12.8 Å². The number of unbranched alkanes of at least 4 members (excludes halogenated alkanes) is 29. The van der Waals surface area contributed by atoms with Crippen molar-refractivity contribution in [3.8, 4) is 0 Å². The first kappa shape index (κ1) is 43.6. The summed E-state index contributed by atoms with van der Waals surface area (Å²) in [4.78, 5) is 0.